The van der Waals surface area contributed by atoms with Crippen LogP contribution in [0.25, 0.3) is 11.1 Å². The first kappa shape index (κ1) is 22.0. The predicted molar refractivity (Wildman–Crippen MR) is 125 cm³/mol. The lowest BCUT2D eigenvalue weighted by Crippen LogP contribution is -2.50. The van der Waals surface area contributed by atoms with Crippen LogP contribution in [0.5, 0.6) is 0 Å². The summed E-state index contributed by atoms with van der Waals surface area (Å²) in [6, 6.07) is 20.7. The van der Waals surface area contributed by atoms with Crippen molar-refractivity contribution in [3.8, 4) is 11.1 Å². The highest BCUT2D eigenvalue weighted by Gasteiger charge is 2.30. The van der Waals surface area contributed by atoms with Crippen LogP contribution in [0.15, 0.2) is 70.9 Å². The third-order valence-electron chi connectivity index (χ3n) is 5.13. The highest BCUT2D eigenvalue weighted by molar-refractivity contribution is 7.91. The van der Waals surface area contributed by atoms with Crippen LogP contribution in [0.4, 0.5) is 5.69 Å². The average Bonchev–Trinajstić information content (AvgIpc) is 3.22. The summed E-state index contributed by atoms with van der Waals surface area (Å²) >= 11 is 6.94. The van der Waals surface area contributed by atoms with E-state index >= 15 is 0 Å². The summed E-state index contributed by atoms with van der Waals surface area (Å²) < 4.78 is 27.6. The van der Waals surface area contributed by atoms with Crippen LogP contribution >= 0.6 is 22.9 Å². The van der Waals surface area contributed by atoms with Crippen LogP contribution < -0.4 is 5.32 Å². The number of halogens is 1. The van der Waals surface area contributed by atoms with Gasteiger partial charge < -0.3 is 5.32 Å². The Hall–Kier alpha value is -2.23. The third-order valence-corrected chi connectivity index (χ3v) is 8.72. The normalized spacial score (nSPS) is 15.6. The summed E-state index contributed by atoms with van der Waals surface area (Å²) in [5, 5.41) is 3.00. The van der Waals surface area contributed by atoms with Gasteiger partial charge in [0.2, 0.25) is 5.91 Å². The smallest absolute Gasteiger partial charge is 0.252 e. The van der Waals surface area contributed by atoms with E-state index in [1.165, 1.54) is 10.4 Å². The lowest BCUT2D eigenvalue weighted by molar-refractivity contribution is -0.117. The van der Waals surface area contributed by atoms with Gasteiger partial charge in [0.1, 0.15) is 4.21 Å². The van der Waals surface area contributed by atoms with E-state index in [-0.39, 0.29) is 16.7 Å². The Morgan fingerprint density at radius 1 is 0.935 bits per heavy atom. The summed E-state index contributed by atoms with van der Waals surface area (Å²) in [6.45, 7) is 1.87. The molecule has 1 amide bonds. The SMILES string of the molecule is O=C(CN1CCN(S(=O)(=O)c2ccc(Cl)s2)CC1)Nc1ccccc1-c1ccccc1. The molecule has 6 nitrogen and oxygen atoms in total. The molecule has 1 aliphatic rings. The Labute approximate surface area is 191 Å². The fourth-order valence-electron chi connectivity index (χ4n) is 3.55. The van der Waals surface area contributed by atoms with Gasteiger partial charge >= 0.3 is 0 Å². The van der Waals surface area contributed by atoms with Crippen molar-refractivity contribution >= 4 is 44.6 Å². The van der Waals surface area contributed by atoms with Crippen molar-refractivity contribution in [1.82, 2.24) is 9.21 Å². The van der Waals surface area contributed by atoms with E-state index in [4.69, 9.17) is 11.6 Å². The highest BCUT2D eigenvalue weighted by Crippen LogP contribution is 2.29. The molecule has 1 N–H and O–H groups in total. The van der Waals surface area contributed by atoms with E-state index < -0.39 is 10.0 Å². The number of benzene rings is 2. The summed E-state index contributed by atoms with van der Waals surface area (Å²) in [5.74, 6) is -0.121. The molecule has 0 unspecified atom stereocenters. The molecule has 31 heavy (non-hydrogen) atoms. The van der Waals surface area contributed by atoms with Gasteiger partial charge in [0.15, 0.2) is 0 Å². The van der Waals surface area contributed by atoms with Crippen molar-refractivity contribution in [1.29, 1.82) is 0 Å². The van der Waals surface area contributed by atoms with Crippen molar-refractivity contribution in [2.45, 2.75) is 4.21 Å². The molecule has 2 heterocycles. The highest BCUT2D eigenvalue weighted by atomic mass is 35.5. The number of carbonyl (C=O) groups excluding carboxylic acids is 1. The zero-order valence-corrected chi connectivity index (χ0v) is 19.1. The molecular weight excluding hydrogens is 454 g/mol. The van der Waals surface area contributed by atoms with Gasteiger partial charge in [-0.3, -0.25) is 9.69 Å². The molecule has 0 radical (unpaired) electrons. The quantitative estimate of drug-likeness (QED) is 0.584. The molecule has 1 aliphatic heterocycles. The molecule has 0 aliphatic carbocycles. The first-order valence-electron chi connectivity index (χ1n) is 9.85. The van der Waals surface area contributed by atoms with Crippen molar-refractivity contribution < 1.29 is 13.2 Å². The molecule has 0 spiro atoms. The minimum absolute atomic E-state index is 0.121. The summed E-state index contributed by atoms with van der Waals surface area (Å²) in [7, 11) is -3.54. The van der Waals surface area contributed by atoms with E-state index in [1.807, 2.05) is 59.5 Å². The molecule has 3 aromatic rings. The molecule has 0 saturated carbocycles. The zero-order chi connectivity index (χ0) is 21.8. The number of rotatable bonds is 6. The molecule has 9 heteroatoms. The predicted octanol–water partition coefficient (Wildman–Crippen LogP) is 4.01. The molecular formula is C22H22ClN3O3S2. The zero-order valence-electron chi connectivity index (χ0n) is 16.7. The monoisotopic (exact) mass is 475 g/mol. The maximum Gasteiger partial charge on any atom is 0.252 e. The van der Waals surface area contributed by atoms with E-state index in [0.717, 1.165) is 28.2 Å². The van der Waals surface area contributed by atoms with Gasteiger partial charge in [-0.1, -0.05) is 60.1 Å². The van der Waals surface area contributed by atoms with Gasteiger partial charge in [0, 0.05) is 37.4 Å². The Morgan fingerprint density at radius 3 is 2.29 bits per heavy atom. The number of thiophene rings is 1. The van der Waals surface area contributed by atoms with E-state index in [2.05, 4.69) is 5.32 Å². The number of para-hydroxylation sites is 1. The fourth-order valence-corrected chi connectivity index (χ4v) is 6.61. The van der Waals surface area contributed by atoms with Crippen LogP contribution in [0, 0.1) is 0 Å². The maximum atomic E-state index is 12.7. The second-order valence-electron chi connectivity index (χ2n) is 7.20. The second-order valence-corrected chi connectivity index (χ2v) is 11.1. The topological polar surface area (TPSA) is 69.7 Å². The molecule has 2 aromatic carbocycles. The molecule has 162 valence electrons. The minimum atomic E-state index is -3.54. The van der Waals surface area contributed by atoms with E-state index in [0.29, 0.717) is 30.5 Å². The number of hydrogen-bond donors (Lipinski definition) is 1. The average molecular weight is 476 g/mol. The summed E-state index contributed by atoms with van der Waals surface area (Å²) in [5.41, 5.74) is 2.75. The summed E-state index contributed by atoms with van der Waals surface area (Å²) in [6.07, 6.45) is 0. The first-order valence-corrected chi connectivity index (χ1v) is 12.5. The van der Waals surface area contributed by atoms with Crippen LogP contribution in [0.2, 0.25) is 4.34 Å². The lowest BCUT2D eigenvalue weighted by atomic mass is 10.0. The number of nitrogens with zero attached hydrogens (tertiary/aromatic N) is 2. The number of carbonyl (C=O) groups is 1. The maximum absolute atomic E-state index is 12.7. The van der Waals surface area contributed by atoms with Gasteiger partial charge in [-0.2, -0.15) is 4.31 Å². The molecule has 4 rings (SSSR count). The lowest BCUT2D eigenvalue weighted by Gasteiger charge is -2.33. The Kier molecular flexibility index (Phi) is 6.74. The molecule has 1 aromatic heterocycles. The molecule has 1 fully saturated rings. The van der Waals surface area contributed by atoms with Gasteiger partial charge in [0.25, 0.3) is 10.0 Å². The molecule has 0 atom stereocenters. The van der Waals surface area contributed by atoms with Gasteiger partial charge in [-0.25, -0.2) is 8.42 Å². The number of anilines is 1. The molecule has 0 bridgehead atoms. The molecule has 1 saturated heterocycles. The standard InChI is InChI=1S/C22H22ClN3O3S2/c23-20-10-11-22(30-20)31(28,29)26-14-12-25(13-15-26)16-21(27)24-19-9-5-4-8-18(19)17-6-2-1-3-7-17/h1-11H,12-16H2,(H,24,27). The van der Waals surface area contributed by atoms with Crippen molar-refractivity contribution in [2.24, 2.45) is 0 Å². The van der Waals surface area contributed by atoms with Crippen molar-refractivity contribution in [3.05, 3.63) is 71.1 Å². The Bertz CT molecular complexity index is 1160. The van der Waals surface area contributed by atoms with Crippen LogP contribution in [0.1, 0.15) is 0 Å². The Balaban J connectivity index is 1.35. The van der Waals surface area contributed by atoms with Crippen LogP contribution in [-0.4, -0.2) is 56.3 Å². The number of sulfonamides is 1. The van der Waals surface area contributed by atoms with Crippen molar-refractivity contribution in [2.75, 3.05) is 38.0 Å². The second kappa shape index (κ2) is 9.50. The van der Waals surface area contributed by atoms with Gasteiger partial charge in [0.05, 0.1) is 10.9 Å². The van der Waals surface area contributed by atoms with Crippen LogP contribution in [0.3, 0.4) is 0 Å². The van der Waals surface area contributed by atoms with Gasteiger partial charge in [-0.05, 0) is 23.8 Å². The third kappa shape index (κ3) is 5.16. The number of piperazine rings is 1. The number of amides is 1. The number of hydrogen-bond acceptors (Lipinski definition) is 5. The van der Waals surface area contributed by atoms with Gasteiger partial charge in [-0.15, -0.1) is 11.3 Å². The van der Waals surface area contributed by atoms with E-state index in [1.54, 1.807) is 6.07 Å². The van der Waals surface area contributed by atoms with Crippen LogP contribution in [-0.2, 0) is 14.8 Å². The van der Waals surface area contributed by atoms with E-state index in [9.17, 15) is 13.2 Å². The minimum Gasteiger partial charge on any atom is -0.324 e. The first-order chi connectivity index (χ1) is 14.9. The largest absolute Gasteiger partial charge is 0.324 e. The summed E-state index contributed by atoms with van der Waals surface area (Å²) in [4.78, 5) is 14.6. The number of nitrogens with one attached hydrogen (secondary N) is 1. The van der Waals surface area contributed by atoms with Crippen molar-refractivity contribution in [3.63, 3.8) is 0 Å². The Morgan fingerprint density at radius 2 is 1.61 bits per heavy atom. The fraction of sp³-hybridized carbons (Fsp3) is 0.227.